The molecule has 0 radical (unpaired) electrons. The summed E-state index contributed by atoms with van der Waals surface area (Å²) in [4.78, 5) is 68.3. The Hall–Kier alpha value is -5.21. The number of phenols is 1. The Labute approximate surface area is 450 Å². The van der Waals surface area contributed by atoms with E-state index in [1.807, 2.05) is 42.5 Å². The largest absolute Gasteiger partial charge is 0.508 e. The number of fused-ring (bicyclic) bond motifs is 1. The molecular formula is C58H91N7O11. The summed E-state index contributed by atoms with van der Waals surface area (Å²) < 4.78 is 11.5. The summed E-state index contributed by atoms with van der Waals surface area (Å²) in [7, 11) is 0. The van der Waals surface area contributed by atoms with Crippen molar-refractivity contribution in [1.82, 2.24) is 21.3 Å². The molecule has 3 aromatic rings. The number of aliphatic hydroxyl groups excluding tert-OH is 3. The van der Waals surface area contributed by atoms with Gasteiger partial charge < -0.3 is 68.4 Å². The van der Waals surface area contributed by atoms with Gasteiger partial charge in [-0.25, -0.2) is 0 Å². The monoisotopic (exact) mass is 1060 g/mol. The predicted octanol–water partition coefficient (Wildman–Crippen LogP) is 4.94. The number of nitrogens with one attached hydrogen (secondary N) is 4. The van der Waals surface area contributed by atoms with Crippen molar-refractivity contribution in [2.45, 2.75) is 217 Å². The summed E-state index contributed by atoms with van der Waals surface area (Å²) in [5.41, 5.74) is 20.8. The number of hydrogen-bond donors (Lipinski definition) is 11. The lowest BCUT2D eigenvalue weighted by molar-refractivity contribution is -0.290. The number of nitrogens with two attached hydrogens (primary N) is 3. The Morgan fingerprint density at radius 2 is 1.18 bits per heavy atom. The molecular weight excluding hydrogens is 971 g/mol. The third-order valence-electron chi connectivity index (χ3n) is 14.4. The van der Waals surface area contributed by atoms with Gasteiger partial charge in [-0.2, -0.15) is 0 Å². The van der Waals surface area contributed by atoms with Crippen molar-refractivity contribution in [2.24, 2.45) is 17.2 Å². The number of unbranched alkanes of at least 4 members (excludes halogenated alkanes) is 15. The second-order valence-corrected chi connectivity index (χ2v) is 20.8. The molecule has 1 aliphatic heterocycles. The van der Waals surface area contributed by atoms with E-state index in [0.717, 1.165) is 46.7 Å². The van der Waals surface area contributed by atoms with Crippen LogP contribution < -0.4 is 38.5 Å². The van der Waals surface area contributed by atoms with E-state index < -0.39 is 84.4 Å². The summed E-state index contributed by atoms with van der Waals surface area (Å²) in [5, 5.41) is 55.1. The highest BCUT2D eigenvalue weighted by Crippen LogP contribution is 2.25. The van der Waals surface area contributed by atoms with Crippen molar-refractivity contribution < 1.29 is 53.9 Å². The second-order valence-electron chi connectivity index (χ2n) is 20.8. The molecule has 0 saturated carbocycles. The molecule has 0 aromatic heterocycles. The Bertz CT molecular complexity index is 2230. The number of aliphatic hydroxyl groups is 3. The van der Waals surface area contributed by atoms with E-state index in [2.05, 4.69) is 28.2 Å². The molecule has 76 heavy (non-hydrogen) atoms. The zero-order valence-electron chi connectivity index (χ0n) is 45.4. The van der Waals surface area contributed by atoms with Crippen LogP contribution in [0.25, 0.3) is 10.8 Å². The van der Waals surface area contributed by atoms with Gasteiger partial charge in [0.25, 0.3) is 5.91 Å². The minimum Gasteiger partial charge on any atom is -0.508 e. The highest BCUT2D eigenvalue weighted by atomic mass is 16.7. The van der Waals surface area contributed by atoms with Crippen molar-refractivity contribution in [1.29, 1.82) is 0 Å². The fourth-order valence-electron chi connectivity index (χ4n) is 9.77. The maximum Gasteiger partial charge on any atom is 0.252 e. The number of carbonyl (C=O) groups is 5. The lowest BCUT2D eigenvalue weighted by atomic mass is 9.95. The van der Waals surface area contributed by atoms with Gasteiger partial charge in [-0.1, -0.05) is 133 Å². The quantitative estimate of drug-likeness (QED) is 0.0342. The van der Waals surface area contributed by atoms with Gasteiger partial charge in [0.1, 0.15) is 42.2 Å². The molecule has 4 rings (SSSR count). The first-order valence-corrected chi connectivity index (χ1v) is 28.1. The van der Waals surface area contributed by atoms with Crippen LogP contribution in [0.1, 0.15) is 158 Å². The van der Waals surface area contributed by atoms with Crippen LogP contribution in [-0.2, 0) is 46.3 Å². The van der Waals surface area contributed by atoms with Crippen molar-refractivity contribution in [3.63, 3.8) is 0 Å². The number of benzene rings is 3. The van der Waals surface area contributed by atoms with Gasteiger partial charge in [-0.3, -0.25) is 24.0 Å². The van der Waals surface area contributed by atoms with Gasteiger partial charge >= 0.3 is 0 Å². The van der Waals surface area contributed by atoms with Crippen LogP contribution in [0.2, 0.25) is 0 Å². The van der Waals surface area contributed by atoms with Crippen LogP contribution in [0.5, 0.6) is 5.75 Å². The van der Waals surface area contributed by atoms with E-state index in [-0.39, 0.29) is 57.4 Å². The zero-order chi connectivity index (χ0) is 55.4. The molecule has 0 unspecified atom stereocenters. The molecule has 5 amide bonds. The summed E-state index contributed by atoms with van der Waals surface area (Å²) in [6, 6.07) is 11.9. The van der Waals surface area contributed by atoms with Gasteiger partial charge in [0.05, 0.1) is 6.04 Å². The fourth-order valence-corrected chi connectivity index (χ4v) is 9.77. The maximum absolute atomic E-state index is 14.4. The van der Waals surface area contributed by atoms with Gasteiger partial charge in [-0.15, -0.1) is 0 Å². The highest BCUT2D eigenvalue weighted by Gasteiger charge is 2.47. The summed E-state index contributed by atoms with van der Waals surface area (Å²) in [6.45, 7) is 6.50. The lowest BCUT2D eigenvalue weighted by Gasteiger charge is -2.39. The molecule has 1 saturated heterocycles. The van der Waals surface area contributed by atoms with Gasteiger partial charge in [0, 0.05) is 19.6 Å². The van der Waals surface area contributed by atoms with Crippen LogP contribution in [0.15, 0.2) is 54.6 Å². The van der Waals surface area contributed by atoms with E-state index in [0.29, 0.717) is 31.4 Å². The van der Waals surface area contributed by atoms with Crippen molar-refractivity contribution >= 4 is 40.3 Å². The van der Waals surface area contributed by atoms with Crippen LogP contribution in [0, 0.1) is 13.8 Å². The topological polar surface area (TPSA) is 311 Å². The molecule has 424 valence electrons. The predicted molar refractivity (Wildman–Crippen MR) is 295 cm³/mol. The number of rotatable bonds is 37. The number of primary amides is 1. The average molecular weight is 1060 g/mol. The first-order valence-electron chi connectivity index (χ1n) is 28.1. The first kappa shape index (κ1) is 63.3. The summed E-state index contributed by atoms with van der Waals surface area (Å²) in [6.07, 6.45) is 10.9. The summed E-state index contributed by atoms with van der Waals surface area (Å²) in [5.74, 6) is -3.41. The Kier molecular flexibility index (Phi) is 28.8. The van der Waals surface area contributed by atoms with Gasteiger partial charge in [0.2, 0.25) is 23.6 Å². The van der Waals surface area contributed by atoms with Crippen LogP contribution >= 0.6 is 0 Å². The Morgan fingerprint density at radius 3 is 1.80 bits per heavy atom. The third kappa shape index (κ3) is 21.7. The van der Waals surface area contributed by atoms with Crippen LogP contribution in [0.4, 0.5) is 0 Å². The van der Waals surface area contributed by atoms with Gasteiger partial charge in [0.15, 0.2) is 12.4 Å². The molecule has 0 spiro atoms. The number of phenolic OH excluding ortho intramolecular Hbond substituents is 1. The standard InChI is InChI=1S/C58H91N7O11/c1-4-5-6-7-8-9-10-11-12-13-14-15-16-23-32-75-58-51(69)49(67)50(68)52(76-58)57(74)62-31-22-20-27-47(64-54(71)45(60)37-44-38(2)33-43(66)34-39(44)3)55(72)65-48(56(73)63-46(53(61)70)26-19-21-30-59)36-40-28-29-41-24-17-18-25-42(41)35-40/h17-18,24-25,28-29,33-35,45-52,58,66-69H,4-16,19-23,26-27,30-32,36-37,59-60H2,1-3H3,(H2,61,70)(H,62,74)(H,63,73)(H,64,71)(H,65,72)/t45-,46-,47+,48-,49-,50-,51+,52-,58+/m0/s1. The average Bonchev–Trinajstić information content (AvgIpc) is 3.39. The second kappa shape index (κ2) is 34.5. The highest BCUT2D eigenvalue weighted by molar-refractivity contribution is 5.95. The molecule has 0 aliphatic carbocycles. The molecule has 1 heterocycles. The molecule has 1 fully saturated rings. The minimum absolute atomic E-state index is 0.0223. The molecule has 0 bridgehead atoms. The van der Waals surface area contributed by atoms with E-state index >= 15 is 0 Å². The Balaban J connectivity index is 1.37. The van der Waals surface area contributed by atoms with Crippen LogP contribution in [0.3, 0.4) is 0 Å². The lowest BCUT2D eigenvalue weighted by Crippen LogP contribution is -2.62. The smallest absolute Gasteiger partial charge is 0.252 e. The van der Waals surface area contributed by atoms with E-state index in [1.165, 1.54) is 64.2 Å². The van der Waals surface area contributed by atoms with E-state index in [4.69, 9.17) is 26.7 Å². The molecule has 14 N–H and O–H groups in total. The van der Waals surface area contributed by atoms with E-state index in [1.54, 1.807) is 26.0 Å². The van der Waals surface area contributed by atoms with E-state index in [9.17, 15) is 44.4 Å². The Morgan fingerprint density at radius 1 is 0.632 bits per heavy atom. The first-order chi connectivity index (χ1) is 36.5. The minimum atomic E-state index is -1.73. The molecule has 3 aromatic carbocycles. The molecule has 18 nitrogen and oxygen atoms in total. The van der Waals surface area contributed by atoms with Crippen molar-refractivity contribution in [3.8, 4) is 5.75 Å². The number of aryl methyl sites for hydroxylation is 2. The molecule has 1 aliphatic rings. The SMILES string of the molecule is CCCCCCCCCCCCCCCCO[C@@H]1O[C@H](C(=O)NCCCC[C@@H](NC(=O)[C@@H](N)Cc2c(C)cc(O)cc2C)C(=O)N[C@@H](Cc2ccc3ccccc3c2)C(=O)N[C@@H](CCCCN)C(N)=O)[C@@H](O)[C@H](O)[C@H]1O. The van der Waals surface area contributed by atoms with Crippen molar-refractivity contribution in [3.05, 3.63) is 76.9 Å². The van der Waals surface area contributed by atoms with Gasteiger partial charge in [-0.05, 0) is 117 Å². The number of ether oxygens (including phenoxy) is 2. The third-order valence-corrected chi connectivity index (χ3v) is 14.4. The zero-order valence-corrected chi connectivity index (χ0v) is 45.4. The maximum atomic E-state index is 14.4. The van der Waals surface area contributed by atoms with Crippen molar-refractivity contribution in [2.75, 3.05) is 19.7 Å². The summed E-state index contributed by atoms with van der Waals surface area (Å²) >= 11 is 0. The molecule has 9 atom stereocenters. The number of amides is 5. The molecule has 18 heteroatoms. The fraction of sp³-hybridized carbons (Fsp3) is 0.638. The number of hydrogen-bond acceptors (Lipinski definition) is 13. The normalized spacial score (nSPS) is 19.1. The van der Waals surface area contributed by atoms with Crippen LogP contribution in [-0.4, -0.2) is 125 Å². The number of aromatic hydroxyl groups is 1. The number of carbonyl (C=O) groups excluding carboxylic acids is 5.